The highest BCUT2D eigenvalue weighted by Gasteiger charge is 2.03. The van der Waals surface area contributed by atoms with Crippen molar-refractivity contribution in [2.24, 2.45) is 0 Å². The van der Waals surface area contributed by atoms with Crippen molar-refractivity contribution in [2.75, 3.05) is 5.32 Å². The summed E-state index contributed by atoms with van der Waals surface area (Å²) in [6.45, 7) is 5.74. The smallest absolute Gasteiger partial charge is 0.224 e. The Kier molecular flexibility index (Phi) is 8.44. The Hall–Kier alpha value is -1.57. The first-order valence-corrected chi connectivity index (χ1v) is 7.70. The van der Waals surface area contributed by atoms with E-state index in [1.165, 1.54) is 25.7 Å². The summed E-state index contributed by atoms with van der Waals surface area (Å²) in [5.41, 5.74) is 2.05. The van der Waals surface area contributed by atoms with Gasteiger partial charge in [-0.2, -0.15) is 0 Å². The number of hydrogen-bond acceptors (Lipinski definition) is 1. The molecule has 0 atom stereocenters. The van der Waals surface area contributed by atoms with Gasteiger partial charge in [0.1, 0.15) is 0 Å². The first kappa shape index (κ1) is 16.5. The SMILES string of the molecule is C=CCCCCCCCCC(=O)Nc1ccccc1C. The van der Waals surface area contributed by atoms with Gasteiger partial charge in [0.05, 0.1) is 0 Å². The zero-order valence-electron chi connectivity index (χ0n) is 12.7. The predicted molar refractivity (Wildman–Crippen MR) is 86.9 cm³/mol. The fourth-order valence-electron chi connectivity index (χ4n) is 2.21. The molecular weight excluding hydrogens is 246 g/mol. The van der Waals surface area contributed by atoms with E-state index in [1.54, 1.807) is 0 Å². The number of carbonyl (C=O) groups excluding carboxylic acids is 1. The van der Waals surface area contributed by atoms with Crippen LogP contribution in [0.5, 0.6) is 0 Å². The van der Waals surface area contributed by atoms with Gasteiger partial charge in [0.25, 0.3) is 0 Å². The van der Waals surface area contributed by atoms with Gasteiger partial charge in [-0.1, -0.05) is 50.0 Å². The highest BCUT2D eigenvalue weighted by Crippen LogP contribution is 2.14. The Morgan fingerprint density at radius 3 is 2.45 bits per heavy atom. The van der Waals surface area contributed by atoms with Crippen LogP contribution in [0.1, 0.15) is 56.9 Å². The Labute approximate surface area is 123 Å². The molecule has 1 rings (SSSR count). The molecule has 0 aliphatic rings. The predicted octanol–water partition coefficient (Wildman–Crippen LogP) is 5.24. The Bertz CT molecular complexity index is 412. The summed E-state index contributed by atoms with van der Waals surface area (Å²) in [5.74, 6) is 0.131. The van der Waals surface area contributed by atoms with E-state index in [2.05, 4.69) is 11.9 Å². The zero-order valence-corrected chi connectivity index (χ0v) is 12.7. The van der Waals surface area contributed by atoms with Crippen LogP contribution in [0.4, 0.5) is 5.69 Å². The topological polar surface area (TPSA) is 29.1 Å². The number of anilines is 1. The minimum absolute atomic E-state index is 0.131. The molecule has 1 aromatic carbocycles. The molecule has 0 spiro atoms. The van der Waals surface area contributed by atoms with Crippen molar-refractivity contribution in [1.82, 2.24) is 0 Å². The van der Waals surface area contributed by atoms with Crippen molar-refractivity contribution in [3.05, 3.63) is 42.5 Å². The molecule has 1 amide bonds. The second kappa shape index (κ2) is 10.2. The van der Waals surface area contributed by atoms with E-state index in [-0.39, 0.29) is 5.91 Å². The third-order valence-electron chi connectivity index (χ3n) is 3.48. The number of rotatable bonds is 10. The zero-order chi connectivity index (χ0) is 14.6. The molecule has 0 heterocycles. The number of hydrogen-bond donors (Lipinski definition) is 1. The molecule has 0 radical (unpaired) electrons. The standard InChI is InChI=1S/C18H27NO/c1-3-4-5-6-7-8-9-10-15-18(20)19-17-14-12-11-13-16(17)2/h3,11-14H,1,4-10,15H2,2H3,(H,19,20). The van der Waals surface area contributed by atoms with E-state index < -0.39 is 0 Å². The van der Waals surface area contributed by atoms with E-state index >= 15 is 0 Å². The van der Waals surface area contributed by atoms with E-state index in [9.17, 15) is 4.79 Å². The molecule has 1 aromatic rings. The van der Waals surface area contributed by atoms with E-state index in [4.69, 9.17) is 0 Å². The minimum Gasteiger partial charge on any atom is -0.326 e. The third kappa shape index (κ3) is 7.13. The maximum atomic E-state index is 11.8. The lowest BCUT2D eigenvalue weighted by atomic mass is 10.1. The molecule has 0 bridgehead atoms. The molecule has 0 saturated carbocycles. The van der Waals surface area contributed by atoms with Gasteiger partial charge in [-0.25, -0.2) is 0 Å². The fraction of sp³-hybridized carbons (Fsp3) is 0.500. The van der Waals surface area contributed by atoms with Gasteiger partial charge in [0.15, 0.2) is 0 Å². The lowest BCUT2D eigenvalue weighted by Gasteiger charge is -2.07. The molecule has 1 N–H and O–H groups in total. The van der Waals surface area contributed by atoms with Crippen LogP contribution in [-0.4, -0.2) is 5.91 Å². The quantitative estimate of drug-likeness (QED) is 0.458. The molecule has 2 nitrogen and oxygen atoms in total. The number of benzene rings is 1. The summed E-state index contributed by atoms with van der Waals surface area (Å²) in [6, 6.07) is 7.90. The van der Waals surface area contributed by atoms with Crippen molar-refractivity contribution < 1.29 is 4.79 Å². The minimum atomic E-state index is 0.131. The number of nitrogens with one attached hydrogen (secondary N) is 1. The van der Waals surface area contributed by atoms with Crippen LogP contribution in [-0.2, 0) is 4.79 Å². The summed E-state index contributed by atoms with van der Waals surface area (Å²) < 4.78 is 0. The first-order chi connectivity index (χ1) is 9.74. The van der Waals surface area contributed by atoms with Crippen molar-refractivity contribution in [1.29, 1.82) is 0 Å². The molecule has 0 unspecified atom stereocenters. The fourth-order valence-corrected chi connectivity index (χ4v) is 2.21. The monoisotopic (exact) mass is 273 g/mol. The van der Waals surface area contributed by atoms with Crippen LogP contribution in [0.15, 0.2) is 36.9 Å². The number of unbranched alkanes of at least 4 members (excludes halogenated alkanes) is 6. The van der Waals surface area contributed by atoms with Crippen molar-refractivity contribution in [2.45, 2.75) is 58.3 Å². The van der Waals surface area contributed by atoms with E-state index in [0.29, 0.717) is 6.42 Å². The van der Waals surface area contributed by atoms with Crippen LogP contribution in [0, 0.1) is 6.92 Å². The lowest BCUT2D eigenvalue weighted by Crippen LogP contribution is -2.11. The maximum Gasteiger partial charge on any atom is 0.224 e. The molecule has 2 heteroatoms. The normalized spacial score (nSPS) is 10.2. The average molecular weight is 273 g/mol. The Morgan fingerprint density at radius 2 is 1.75 bits per heavy atom. The van der Waals surface area contributed by atoms with Crippen LogP contribution in [0.3, 0.4) is 0 Å². The van der Waals surface area contributed by atoms with Crippen LogP contribution in [0.25, 0.3) is 0 Å². The van der Waals surface area contributed by atoms with Crippen molar-refractivity contribution in [3.8, 4) is 0 Å². The van der Waals surface area contributed by atoms with Gasteiger partial charge < -0.3 is 5.32 Å². The Balaban J connectivity index is 2.06. The summed E-state index contributed by atoms with van der Waals surface area (Å²) in [7, 11) is 0. The van der Waals surface area contributed by atoms with Crippen molar-refractivity contribution >= 4 is 11.6 Å². The molecule has 110 valence electrons. The number of allylic oxidation sites excluding steroid dienone is 1. The molecule has 0 aliphatic heterocycles. The van der Waals surface area contributed by atoms with Gasteiger partial charge >= 0.3 is 0 Å². The average Bonchev–Trinajstić information content (AvgIpc) is 2.44. The summed E-state index contributed by atoms with van der Waals surface area (Å²) in [5, 5.41) is 2.98. The second-order valence-electron chi connectivity index (χ2n) is 5.31. The first-order valence-electron chi connectivity index (χ1n) is 7.70. The second-order valence-corrected chi connectivity index (χ2v) is 5.31. The molecular formula is C18H27NO. The lowest BCUT2D eigenvalue weighted by molar-refractivity contribution is -0.116. The van der Waals surface area contributed by atoms with Crippen LogP contribution in [0.2, 0.25) is 0 Å². The van der Waals surface area contributed by atoms with E-state index in [1.807, 2.05) is 37.3 Å². The highest BCUT2D eigenvalue weighted by atomic mass is 16.1. The third-order valence-corrected chi connectivity index (χ3v) is 3.48. The van der Waals surface area contributed by atoms with Gasteiger partial charge in [-0.3, -0.25) is 4.79 Å². The molecule has 0 aliphatic carbocycles. The molecule has 20 heavy (non-hydrogen) atoms. The summed E-state index contributed by atoms with van der Waals surface area (Å²) in [6.07, 6.45) is 10.9. The number of aryl methyl sites for hydroxylation is 1. The molecule has 0 fully saturated rings. The molecule has 0 aromatic heterocycles. The number of amides is 1. The van der Waals surface area contributed by atoms with Gasteiger partial charge in [0, 0.05) is 12.1 Å². The molecule has 0 saturated heterocycles. The van der Waals surface area contributed by atoms with Gasteiger partial charge in [-0.15, -0.1) is 6.58 Å². The maximum absolute atomic E-state index is 11.8. The van der Waals surface area contributed by atoms with Gasteiger partial charge in [-0.05, 0) is 37.8 Å². The van der Waals surface area contributed by atoms with Crippen LogP contribution < -0.4 is 5.32 Å². The van der Waals surface area contributed by atoms with Gasteiger partial charge in [0.2, 0.25) is 5.91 Å². The Morgan fingerprint density at radius 1 is 1.10 bits per heavy atom. The summed E-state index contributed by atoms with van der Waals surface area (Å²) in [4.78, 5) is 11.8. The summed E-state index contributed by atoms with van der Waals surface area (Å²) >= 11 is 0. The highest BCUT2D eigenvalue weighted by molar-refractivity contribution is 5.91. The number of carbonyl (C=O) groups is 1. The van der Waals surface area contributed by atoms with E-state index in [0.717, 1.165) is 30.5 Å². The van der Waals surface area contributed by atoms with Crippen molar-refractivity contribution in [3.63, 3.8) is 0 Å². The van der Waals surface area contributed by atoms with Crippen LogP contribution >= 0.6 is 0 Å². The number of para-hydroxylation sites is 1. The largest absolute Gasteiger partial charge is 0.326 e.